The highest BCUT2D eigenvalue weighted by Crippen LogP contribution is 2.48. The second kappa shape index (κ2) is 5.76. The lowest BCUT2D eigenvalue weighted by Crippen LogP contribution is -2.52. The molecule has 0 bridgehead atoms. The van der Waals surface area contributed by atoms with Crippen LogP contribution in [0.2, 0.25) is 10.0 Å². The van der Waals surface area contributed by atoms with Crippen LogP contribution in [0, 0.1) is 5.41 Å². The second-order valence-corrected chi connectivity index (χ2v) is 7.55. The molecule has 24 heavy (non-hydrogen) atoms. The van der Waals surface area contributed by atoms with Crippen molar-refractivity contribution in [1.82, 2.24) is 9.97 Å². The van der Waals surface area contributed by atoms with Gasteiger partial charge in [0.15, 0.2) is 5.82 Å². The average Bonchev–Trinajstić information content (AvgIpc) is 3.02. The van der Waals surface area contributed by atoms with Crippen LogP contribution in [0.3, 0.4) is 0 Å². The number of aromatic nitrogens is 2. The van der Waals surface area contributed by atoms with Crippen molar-refractivity contribution >= 4 is 34.8 Å². The Morgan fingerprint density at radius 2 is 1.96 bits per heavy atom. The molecule has 2 aliphatic rings. The maximum Gasteiger partial charge on any atom is 0.152 e. The first-order chi connectivity index (χ1) is 11.5. The highest BCUT2D eigenvalue weighted by atomic mass is 35.5. The van der Waals surface area contributed by atoms with Crippen molar-refractivity contribution < 1.29 is 0 Å². The number of nitrogens with zero attached hydrogens (tertiary/aromatic N) is 3. The van der Waals surface area contributed by atoms with Crippen molar-refractivity contribution in [3.05, 3.63) is 34.4 Å². The third-order valence-corrected chi connectivity index (χ3v) is 6.07. The molecule has 0 amide bonds. The van der Waals surface area contributed by atoms with Gasteiger partial charge in [-0.25, -0.2) is 9.97 Å². The molecule has 0 unspecified atom stereocenters. The maximum absolute atomic E-state index is 6.25. The molecular formula is C17H19Cl2N5. The Balaban J connectivity index is 1.64. The number of nitrogen functional groups attached to an aromatic ring is 1. The smallest absolute Gasteiger partial charge is 0.152 e. The second-order valence-electron chi connectivity index (χ2n) is 6.74. The number of nitrogens with two attached hydrogens (primary N) is 2. The minimum Gasteiger partial charge on any atom is -0.382 e. The molecule has 4 N–H and O–H groups in total. The van der Waals surface area contributed by atoms with Crippen molar-refractivity contribution in [3.8, 4) is 11.3 Å². The fourth-order valence-corrected chi connectivity index (χ4v) is 4.36. The summed E-state index contributed by atoms with van der Waals surface area (Å²) in [6.45, 7) is 1.86. The van der Waals surface area contributed by atoms with Gasteiger partial charge in [-0.3, -0.25) is 0 Å². The van der Waals surface area contributed by atoms with Gasteiger partial charge in [-0.15, -0.1) is 0 Å². The van der Waals surface area contributed by atoms with E-state index in [2.05, 4.69) is 14.9 Å². The zero-order chi connectivity index (χ0) is 16.9. The van der Waals surface area contributed by atoms with Crippen LogP contribution in [-0.2, 0) is 0 Å². The molecule has 1 aromatic heterocycles. The Kier molecular flexibility index (Phi) is 3.82. The Hall–Kier alpha value is -1.56. The van der Waals surface area contributed by atoms with Gasteiger partial charge in [-0.2, -0.15) is 0 Å². The highest BCUT2D eigenvalue weighted by Gasteiger charge is 2.49. The Morgan fingerprint density at radius 1 is 1.21 bits per heavy atom. The van der Waals surface area contributed by atoms with Crippen LogP contribution in [0.5, 0.6) is 0 Å². The molecule has 4 rings (SSSR count). The van der Waals surface area contributed by atoms with Gasteiger partial charge in [0.1, 0.15) is 11.5 Å². The van der Waals surface area contributed by atoms with Gasteiger partial charge in [-0.1, -0.05) is 29.3 Å². The summed E-state index contributed by atoms with van der Waals surface area (Å²) in [7, 11) is 0. The van der Waals surface area contributed by atoms with E-state index in [1.54, 1.807) is 24.4 Å². The molecule has 126 valence electrons. The van der Waals surface area contributed by atoms with E-state index in [0.717, 1.165) is 31.7 Å². The summed E-state index contributed by atoms with van der Waals surface area (Å²) >= 11 is 12.5. The summed E-state index contributed by atoms with van der Waals surface area (Å²) in [6, 6.07) is 5.62. The third-order valence-electron chi connectivity index (χ3n) is 5.44. The first kappa shape index (κ1) is 15.9. The van der Waals surface area contributed by atoms with Gasteiger partial charge in [0.25, 0.3) is 0 Å². The molecule has 7 heteroatoms. The van der Waals surface area contributed by atoms with E-state index in [4.69, 9.17) is 34.7 Å². The summed E-state index contributed by atoms with van der Waals surface area (Å²) in [5, 5.41) is 1.02. The highest BCUT2D eigenvalue weighted by molar-refractivity contribution is 6.39. The number of hydrogen-bond acceptors (Lipinski definition) is 5. The summed E-state index contributed by atoms with van der Waals surface area (Å²) in [5.74, 6) is 1.12. The van der Waals surface area contributed by atoms with Crippen molar-refractivity contribution in [2.75, 3.05) is 23.7 Å². The van der Waals surface area contributed by atoms with E-state index in [-0.39, 0.29) is 5.41 Å². The minimum atomic E-state index is 0.251. The zero-order valence-corrected chi connectivity index (χ0v) is 14.7. The van der Waals surface area contributed by atoms with E-state index in [9.17, 15) is 0 Å². The molecule has 1 saturated heterocycles. The third kappa shape index (κ3) is 2.42. The molecule has 1 aliphatic heterocycles. The number of halogens is 2. The van der Waals surface area contributed by atoms with Gasteiger partial charge in [0.05, 0.1) is 16.2 Å². The van der Waals surface area contributed by atoms with E-state index < -0.39 is 0 Å². The molecule has 1 aliphatic carbocycles. The standard InChI is InChI=1S/C17H19Cl2N5/c18-10-2-1-3-11(19)14(10)15-16(21)23-13(8-22-15)24-7-6-17(9-24)5-4-12(17)20/h1-3,8,12H,4-7,9,20H2,(H2,21,23)/t12-,17-/m0/s1. The average molecular weight is 364 g/mol. The number of hydrogen-bond donors (Lipinski definition) is 2. The van der Waals surface area contributed by atoms with Crippen LogP contribution < -0.4 is 16.4 Å². The fourth-order valence-electron chi connectivity index (χ4n) is 3.78. The molecule has 1 spiro atoms. The van der Waals surface area contributed by atoms with Crippen LogP contribution in [0.25, 0.3) is 11.3 Å². The van der Waals surface area contributed by atoms with E-state index in [1.807, 2.05) is 0 Å². The van der Waals surface area contributed by atoms with Crippen LogP contribution in [0.4, 0.5) is 11.6 Å². The molecular weight excluding hydrogens is 345 g/mol. The number of rotatable bonds is 2. The van der Waals surface area contributed by atoms with Crippen LogP contribution in [0.15, 0.2) is 24.4 Å². The van der Waals surface area contributed by atoms with Gasteiger partial charge >= 0.3 is 0 Å². The predicted molar refractivity (Wildman–Crippen MR) is 98.4 cm³/mol. The van der Waals surface area contributed by atoms with Gasteiger partial charge in [0, 0.05) is 30.1 Å². The molecule has 0 radical (unpaired) electrons. The summed E-state index contributed by atoms with van der Waals surface area (Å²) in [4.78, 5) is 11.3. The monoisotopic (exact) mass is 363 g/mol. The Bertz CT molecular complexity index is 776. The van der Waals surface area contributed by atoms with Crippen LogP contribution in [-0.4, -0.2) is 29.1 Å². The van der Waals surface area contributed by atoms with Gasteiger partial charge in [-0.05, 0) is 31.4 Å². The van der Waals surface area contributed by atoms with E-state index in [0.29, 0.717) is 33.2 Å². The van der Waals surface area contributed by atoms with Crippen LogP contribution >= 0.6 is 23.2 Å². The Morgan fingerprint density at radius 3 is 2.50 bits per heavy atom. The van der Waals surface area contributed by atoms with E-state index >= 15 is 0 Å². The molecule has 1 saturated carbocycles. The number of anilines is 2. The van der Waals surface area contributed by atoms with Crippen molar-refractivity contribution in [2.45, 2.75) is 25.3 Å². The van der Waals surface area contributed by atoms with Crippen molar-refractivity contribution in [2.24, 2.45) is 11.1 Å². The topological polar surface area (TPSA) is 81.1 Å². The zero-order valence-electron chi connectivity index (χ0n) is 13.2. The molecule has 5 nitrogen and oxygen atoms in total. The van der Waals surface area contributed by atoms with Gasteiger partial charge < -0.3 is 16.4 Å². The summed E-state index contributed by atoms with van der Waals surface area (Å²) in [5.41, 5.74) is 13.8. The largest absolute Gasteiger partial charge is 0.382 e. The normalized spacial score (nSPS) is 26.0. The SMILES string of the molecule is Nc1nc(N2CC[C@@]3(CC[C@@H]3N)C2)cnc1-c1c(Cl)cccc1Cl. The molecule has 2 fully saturated rings. The minimum absolute atomic E-state index is 0.251. The lowest BCUT2D eigenvalue weighted by atomic mass is 9.64. The molecule has 2 heterocycles. The lowest BCUT2D eigenvalue weighted by Gasteiger charge is -2.44. The quantitative estimate of drug-likeness (QED) is 0.854. The molecule has 2 atom stereocenters. The summed E-state index contributed by atoms with van der Waals surface area (Å²) in [6.07, 6.45) is 5.16. The van der Waals surface area contributed by atoms with E-state index in [1.165, 1.54) is 6.42 Å². The van der Waals surface area contributed by atoms with Crippen molar-refractivity contribution in [3.63, 3.8) is 0 Å². The first-order valence-corrected chi connectivity index (χ1v) is 8.83. The first-order valence-electron chi connectivity index (χ1n) is 8.08. The van der Waals surface area contributed by atoms with Crippen molar-refractivity contribution in [1.29, 1.82) is 0 Å². The van der Waals surface area contributed by atoms with Crippen LogP contribution in [0.1, 0.15) is 19.3 Å². The fraction of sp³-hybridized carbons (Fsp3) is 0.412. The predicted octanol–water partition coefficient (Wildman–Crippen LogP) is 3.35. The maximum atomic E-state index is 6.25. The summed E-state index contributed by atoms with van der Waals surface area (Å²) < 4.78 is 0. The van der Waals surface area contributed by atoms with Gasteiger partial charge in [0.2, 0.25) is 0 Å². The molecule has 2 aromatic rings. The molecule has 1 aromatic carbocycles. The Labute approximate surface area is 151 Å². The number of benzene rings is 1. The lowest BCUT2D eigenvalue weighted by molar-refractivity contribution is 0.122.